The Bertz CT molecular complexity index is 1430. The van der Waals surface area contributed by atoms with Crippen molar-refractivity contribution in [2.45, 2.75) is 33.3 Å². The predicted molar refractivity (Wildman–Crippen MR) is 150 cm³/mol. The van der Waals surface area contributed by atoms with Crippen LogP contribution >= 0.6 is 11.3 Å². The van der Waals surface area contributed by atoms with Crippen LogP contribution in [0.2, 0.25) is 0 Å². The Hall–Kier alpha value is -3.90. The molecule has 0 spiro atoms. The fourth-order valence-electron chi connectivity index (χ4n) is 5.83. The number of aromatic nitrogens is 1. The minimum absolute atomic E-state index is 0.0407. The number of piperidine rings is 1. The third-order valence-electron chi connectivity index (χ3n) is 7.92. The molecule has 0 radical (unpaired) electrons. The lowest BCUT2D eigenvalue weighted by atomic mass is 9.85. The first-order valence-electron chi connectivity index (χ1n) is 13.1. The molecule has 9 heteroatoms. The molecule has 3 aromatic rings. The van der Waals surface area contributed by atoms with Gasteiger partial charge in [-0.05, 0) is 73.9 Å². The van der Waals surface area contributed by atoms with Crippen molar-refractivity contribution in [2.24, 2.45) is 17.8 Å². The molecule has 1 amide bonds. The lowest BCUT2D eigenvalue weighted by molar-refractivity contribution is -0.144. The summed E-state index contributed by atoms with van der Waals surface area (Å²) in [5, 5.41) is 21.5. The second kappa shape index (κ2) is 11.1. The van der Waals surface area contributed by atoms with Crippen LogP contribution in [-0.4, -0.2) is 53.5 Å². The summed E-state index contributed by atoms with van der Waals surface area (Å²) >= 11 is 1.59. The van der Waals surface area contributed by atoms with Gasteiger partial charge in [-0.15, -0.1) is 11.3 Å². The van der Waals surface area contributed by atoms with Gasteiger partial charge in [0.25, 0.3) is 5.91 Å². The van der Waals surface area contributed by atoms with E-state index >= 15 is 0 Å². The molecule has 1 aromatic heterocycles. The van der Waals surface area contributed by atoms with Gasteiger partial charge in [0.05, 0.1) is 17.7 Å². The van der Waals surface area contributed by atoms with Gasteiger partial charge in [-0.1, -0.05) is 17.7 Å². The Labute approximate surface area is 232 Å². The van der Waals surface area contributed by atoms with Crippen molar-refractivity contribution in [2.75, 3.05) is 31.6 Å². The van der Waals surface area contributed by atoms with E-state index < -0.39 is 5.97 Å². The smallest absolute Gasteiger partial charge is 0.307 e. The molecule has 1 saturated carbocycles. The summed E-state index contributed by atoms with van der Waals surface area (Å²) in [7, 11) is 1.61. The van der Waals surface area contributed by atoms with Gasteiger partial charge in [-0.25, -0.2) is 4.98 Å². The van der Waals surface area contributed by atoms with Crippen LogP contribution < -0.4 is 9.64 Å². The number of ether oxygens (including phenoxy) is 1. The predicted octanol–water partition coefficient (Wildman–Crippen LogP) is 5.15. The number of amides is 1. The Balaban J connectivity index is 1.31. The zero-order chi connectivity index (χ0) is 27.7. The van der Waals surface area contributed by atoms with Crippen molar-refractivity contribution in [3.05, 3.63) is 64.0 Å². The highest BCUT2D eigenvalue weighted by Crippen LogP contribution is 2.44. The van der Waals surface area contributed by atoms with Crippen molar-refractivity contribution < 1.29 is 19.4 Å². The standard InChI is InChI=1S/C30H32N4O4S/c1-18-4-9-26(38-16-23-8-5-20(13-19(23)2)28(35)33(3)11-10-31)24(12-18)25-17-39-30(32-25)34-14-21-6-7-22(15-34)27(21)29(36)37/h4-5,8-9,12-13,17,21-22,27H,6-7,11,14-16H2,1-3H3,(H,36,37). The van der Waals surface area contributed by atoms with Crippen molar-refractivity contribution in [3.63, 3.8) is 0 Å². The number of aliphatic carboxylic acids is 1. The number of aryl methyl sites for hydroxylation is 2. The van der Waals surface area contributed by atoms with Gasteiger partial charge in [0.2, 0.25) is 0 Å². The largest absolute Gasteiger partial charge is 0.488 e. The Morgan fingerprint density at radius 2 is 1.92 bits per heavy atom. The van der Waals surface area contributed by atoms with Gasteiger partial charge >= 0.3 is 5.97 Å². The highest BCUT2D eigenvalue weighted by molar-refractivity contribution is 7.14. The second-order valence-electron chi connectivity index (χ2n) is 10.6. The number of carbonyl (C=O) groups excluding carboxylic acids is 1. The number of hydrogen-bond donors (Lipinski definition) is 1. The summed E-state index contributed by atoms with van der Waals surface area (Å²) in [6, 6.07) is 13.5. The summed E-state index contributed by atoms with van der Waals surface area (Å²) in [6.07, 6.45) is 1.94. The van der Waals surface area contributed by atoms with E-state index in [1.165, 1.54) is 4.90 Å². The molecule has 1 aliphatic carbocycles. The molecule has 1 saturated heterocycles. The molecule has 2 bridgehead atoms. The molecule has 1 aliphatic heterocycles. The van der Waals surface area contributed by atoms with Crippen LogP contribution in [0.5, 0.6) is 5.75 Å². The summed E-state index contributed by atoms with van der Waals surface area (Å²) < 4.78 is 6.29. The Morgan fingerprint density at radius 1 is 1.18 bits per heavy atom. The number of carbonyl (C=O) groups is 2. The third-order valence-corrected chi connectivity index (χ3v) is 8.82. The van der Waals surface area contributed by atoms with Gasteiger partial charge in [-0.2, -0.15) is 5.26 Å². The molecule has 2 fully saturated rings. The van der Waals surface area contributed by atoms with Gasteiger partial charge in [0.1, 0.15) is 18.9 Å². The molecule has 2 unspecified atom stereocenters. The quantitative estimate of drug-likeness (QED) is 0.391. The number of nitriles is 1. The minimum atomic E-state index is -0.661. The van der Waals surface area contributed by atoms with E-state index in [9.17, 15) is 14.7 Å². The van der Waals surface area contributed by atoms with Crippen LogP contribution in [-0.2, 0) is 11.4 Å². The summed E-state index contributed by atoms with van der Waals surface area (Å²) in [6.45, 7) is 5.84. The third kappa shape index (κ3) is 5.48. The molecule has 2 heterocycles. The molecule has 39 heavy (non-hydrogen) atoms. The van der Waals surface area contributed by atoms with Crippen molar-refractivity contribution in [1.82, 2.24) is 9.88 Å². The number of hydrogen-bond acceptors (Lipinski definition) is 7. The number of thiazole rings is 1. The van der Waals surface area contributed by atoms with Gasteiger partial charge in [0, 0.05) is 36.6 Å². The molecule has 1 N–H and O–H groups in total. The van der Waals surface area contributed by atoms with E-state index in [4.69, 9.17) is 15.0 Å². The fraction of sp³-hybridized carbons (Fsp3) is 0.400. The van der Waals surface area contributed by atoms with Crippen molar-refractivity contribution in [3.8, 4) is 23.1 Å². The molecule has 2 atom stereocenters. The lowest BCUT2D eigenvalue weighted by Gasteiger charge is -2.35. The van der Waals surface area contributed by atoms with E-state index in [0.29, 0.717) is 12.2 Å². The number of carboxylic acids is 1. The van der Waals surface area contributed by atoms with Crippen LogP contribution in [0.1, 0.15) is 39.9 Å². The number of nitrogens with zero attached hydrogens (tertiary/aromatic N) is 4. The zero-order valence-corrected chi connectivity index (χ0v) is 23.2. The molecule has 8 nitrogen and oxygen atoms in total. The first-order chi connectivity index (χ1) is 18.7. The molecule has 202 valence electrons. The molecule has 2 aromatic carbocycles. The zero-order valence-electron chi connectivity index (χ0n) is 22.4. The van der Waals surface area contributed by atoms with Crippen LogP contribution in [0, 0.1) is 42.9 Å². The average molecular weight is 545 g/mol. The number of anilines is 1. The van der Waals surface area contributed by atoms with E-state index in [2.05, 4.69) is 11.0 Å². The first kappa shape index (κ1) is 26.7. The van der Waals surface area contributed by atoms with Gasteiger partial charge in [0.15, 0.2) is 5.13 Å². The van der Waals surface area contributed by atoms with Crippen LogP contribution in [0.25, 0.3) is 11.3 Å². The maximum Gasteiger partial charge on any atom is 0.307 e. The topological polar surface area (TPSA) is 107 Å². The molecular weight excluding hydrogens is 512 g/mol. The number of carboxylic acid groups (broad SMARTS) is 1. The SMILES string of the molecule is Cc1ccc(OCc2ccc(C(=O)N(C)CC#N)cc2C)c(-c2csc(N3CC4CCC(C3)C4C(=O)O)n2)c1. The molecule has 2 aliphatic rings. The second-order valence-corrected chi connectivity index (χ2v) is 11.5. The normalized spacial score (nSPS) is 19.9. The van der Waals surface area contributed by atoms with E-state index in [0.717, 1.165) is 64.8 Å². The highest BCUT2D eigenvalue weighted by atomic mass is 32.1. The first-order valence-corrected chi connectivity index (χ1v) is 14.0. The maximum absolute atomic E-state index is 12.5. The van der Waals surface area contributed by atoms with E-state index in [1.807, 2.05) is 49.6 Å². The van der Waals surface area contributed by atoms with E-state index in [-0.39, 0.29) is 30.2 Å². The Morgan fingerprint density at radius 3 is 2.59 bits per heavy atom. The average Bonchev–Trinajstić information content (AvgIpc) is 3.51. The monoisotopic (exact) mass is 544 g/mol. The minimum Gasteiger partial charge on any atom is -0.488 e. The maximum atomic E-state index is 12.5. The summed E-state index contributed by atoms with van der Waals surface area (Å²) in [5.74, 6) is 0.0204. The van der Waals surface area contributed by atoms with Gasteiger partial charge in [-0.3, -0.25) is 9.59 Å². The van der Waals surface area contributed by atoms with Crippen LogP contribution in [0.15, 0.2) is 41.8 Å². The number of rotatable bonds is 8. The van der Waals surface area contributed by atoms with E-state index in [1.54, 1.807) is 24.5 Å². The molecule has 5 rings (SSSR count). The summed E-state index contributed by atoms with van der Waals surface area (Å²) in [4.78, 5) is 32.9. The van der Waals surface area contributed by atoms with Crippen molar-refractivity contribution in [1.29, 1.82) is 5.26 Å². The fourth-order valence-corrected chi connectivity index (χ4v) is 6.68. The number of fused-ring (bicyclic) bond motifs is 2. The lowest BCUT2D eigenvalue weighted by Crippen LogP contribution is -2.44. The number of benzene rings is 2. The summed E-state index contributed by atoms with van der Waals surface area (Å²) in [5.41, 5.74) is 5.32. The molecular formula is C30H32N4O4S. The van der Waals surface area contributed by atoms with Crippen LogP contribution in [0.3, 0.4) is 0 Å². The van der Waals surface area contributed by atoms with Gasteiger partial charge < -0.3 is 19.6 Å². The van der Waals surface area contributed by atoms with Crippen molar-refractivity contribution >= 4 is 28.3 Å². The highest BCUT2D eigenvalue weighted by Gasteiger charge is 2.46. The van der Waals surface area contributed by atoms with Crippen LogP contribution in [0.4, 0.5) is 5.13 Å². The Kier molecular flexibility index (Phi) is 7.58.